The molecular formula is C20H24N2O2. The number of carbonyl (C=O) groups is 1. The Balaban J connectivity index is 1.42. The average molecular weight is 324 g/mol. The molecule has 0 aliphatic carbocycles. The summed E-state index contributed by atoms with van der Waals surface area (Å²) in [4.78, 5) is 19.2. The van der Waals surface area contributed by atoms with Gasteiger partial charge in [-0.25, -0.2) is 0 Å². The van der Waals surface area contributed by atoms with Gasteiger partial charge in [0.15, 0.2) is 0 Å². The van der Waals surface area contributed by atoms with E-state index in [-0.39, 0.29) is 5.92 Å². The maximum Gasteiger partial charge on any atom is 0.225 e. The van der Waals surface area contributed by atoms with Crippen LogP contribution in [0.15, 0.2) is 36.5 Å². The molecule has 24 heavy (non-hydrogen) atoms. The van der Waals surface area contributed by atoms with Gasteiger partial charge in [0.1, 0.15) is 0 Å². The fraction of sp³-hybridized carbons (Fsp3) is 0.500. The number of fused-ring (bicyclic) bond motifs is 1. The number of hydrogen-bond acceptors (Lipinski definition) is 3. The number of pyridine rings is 1. The van der Waals surface area contributed by atoms with Crippen molar-refractivity contribution in [3.8, 4) is 0 Å². The summed E-state index contributed by atoms with van der Waals surface area (Å²) in [5, 5.41) is 1.24. The van der Waals surface area contributed by atoms with Crippen LogP contribution in [0.25, 0.3) is 10.9 Å². The first-order valence-corrected chi connectivity index (χ1v) is 9.00. The van der Waals surface area contributed by atoms with Gasteiger partial charge in [0.2, 0.25) is 5.91 Å². The monoisotopic (exact) mass is 324 g/mol. The maximum absolute atomic E-state index is 12.7. The Morgan fingerprint density at radius 3 is 2.88 bits per heavy atom. The minimum absolute atomic E-state index is 0.180. The van der Waals surface area contributed by atoms with E-state index in [2.05, 4.69) is 34.1 Å². The molecule has 4 rings (SSSR count). The van der Waals surface area contributed by atoms with Gasteiger partial charge in [-0.3, -0.25) is 9.78 Å². The summed E-state index contributed by atoms with van der Waals surface area (Å²) in [6.45, 7) is 3.27. The fourth-order valence-corrected chi connectivity index (χ4v) is 4.05. The van der Waals surface area contributed by atoms with Crippen molar-refractivity contribution in [2.45, 2.75) is 25.7 Å². The molecule has 3 heterocycles. The zero-order chi connectivity index (χ0) is 16.4. The van der Waals surface area contributed by atoms with Crippen LogP contribution in [0.5, 0.6) is 0 Å². The first-order chi connectivity index (χ1) is 11.8. The molecule has 4 nitrogen and oxygen atoms in total. The number of amides is 1. The number of hydrogen-bond donors (Lipinski definition) is 0. The summed E-state index contributed by atoms with van der Waals surface area (Å²) in [5.41, 5.74) is 2.41. The molecule has 2 fully saturated rings. The fourth-order valence-electron chi connectivity index (χ4n) is 4.05. The van der Waals surface area contributed by atoms with Crippen LogP contribution in [0, 0.1) is 11.8 Å². The Labute approximate surface area is 142 Å². The standard InChI is InChI=1S/C20H24N2O2/c23-20(16-7-11-24-12-8-16)22-10-6-15(14-22)13-17-5-9-21-19-4-2-1-3-18(17)19/h1-5,9,15-16H,6-8,10-14H2. The zero-order valence-corrected chi connectivity index (χ0v) is 14.0. The number of ether oxygens (including phenoxy) is 1. The van der Waals surface area contributed by atoms with E-state index in [9.17, 15) is 4.79 Å². The van der Waals surface area contributed by atoms with E-state index in [4.69, 9.17) is 4.74 Å². The van der Waals surface area contributed by atoms with Gasteiger partial charge in [-0.2, -0.15) is 0 Å². The lowest BCUT2D eigenvalue weighted by Crippen LogP contribution is -2.37. The molecule has 0 saturated carbocycles. The van der Waals surface area contributed by atoms with E-state index in [1.54, 1.807) is 0 Å². The van der Waals surface area contributed by atoms with E-state index in [1.807, 2.05) is 12.3 Å². The quantitative estimate of drug-likeness (QED) is 0.871. The smallest absolute Gasteiger partial charge is 0.225 e. The number of carbonyl (C=O) groups excluding carboxylic acids is 1. The molecule has 1 amide bonds. The molecule has 0 bridgehead atoms. The van der Waals surface area contributed by atoms with E-state index in [0.717, 1.165) is 57.5 Å². The van der Waals surface area contributed by atoms with Crippen LogP contribution in [-0.4, -0.2) is 42.1 Å². The third-order valence-corrected chi connectivity index (χ3v) is 5.42. The Morgan fingerprint density at radius 2 is 2.00 bits per heavy atom. The second-order valence-electron chi connectivity index (χ2n) is 7.02. The molecule has 2 aromatic rings. The predicted octanol–water partition coefficient (Wildman–Crippen LogP) is 3.05. The molecule has 1 atom stereocenters. The third kappa shape index (κ3) is 3.16. The van der Waals surface area contributed by atoms with E-state index >= 15 is 0 Å². The molecule has 1 aromatic carbocycles. The molecule has 0 N–H and O–H groups in total. The highest BCUT2D eigenvalue weighted by atomic mass is 16.5. The van der Waals surface area contributed by atoms with Crippen LogP contribution < -0.4 is 0 Å². The normalized spacial score (nSPS) is 22.2. The number of para-hydroxylation sites is 1. The van der Waals surface area contributed by atoms with Gasteiger partial charge in [0.05, 0.1) is 5.52 Å². The van der Waals surface area contributed by atoms with Gasteiger partial charge < -0.3 is 9.64 Å². The molecule has 126 valence electrons. The summed E-state index contributed by atoms with van der Waals surface area (Å²) in [6.07, 6.45) is 5.80. The molecule has 2 saturated heterocycles. The van der Waals surface area contributed by atoms with Crippen molar-refractivity contribution in [1.82, 2.24) is 9.88 Å². The molecule has 2 aliphatic rings. The third-order valence-electron chi connectivity index (χ3n) is 5.42. The summed E-state index contributed by atoms with van der Waals surface area (Å²) in [7, 11) is 0. The molecule has 2 aliphatic heterocycles. The minimum atomic E-state index is 0.180. The molecule has 4 heteroatoms. The largest absolute Gasteiger partial charge is 0.381 e. The van der Waals surface area contributed by atoms with Crippen molar-refractivity contribution in [2.75, 3.05) is 26.3 Å². The Hall–Kier alpha value is -1.94. The number of benzene rings is 1. The topological polar surface area (TPSA) is 42.4 Å². The Bertz CT molecular complexity index is 719. The average Bonchev–Trinajstić information content (AvgIpc) is 3.11. The lowest BCUT2D eigenvalue weighted by atomic mass is 9.96. The van der Waals surface area contributed by atoms with Gasteiger partial charge in [-0.1, -0.05) is 18.2 Å². The van der Waals surface area contributed by atoms with Crippen molar-refractivity contribution in [3.05, 3.63) is 42.1 Å². The van der Waals surface area contributed by atoms with Crippen molar-refractivity contribution in [3.63, 3.8) is 0 Å². The summed E-state index contributed by atoms with van der Waals surface area (Å²) in [5.74, 6) is 1.08. The molecular weight excluding hydrogens is 300 g/mol. The highest BCUT2D eigenvalue weighted by Gasteiger charge is 2.31. The van der Waals surface area contributed by atoms with Gasteiger partial charge in [0, 0.05) is 43.8 Å². The second-order valence-corrected chi connectivity index (χ2v) is 7.02. The first-order valence-electron chi connectivity index (χ1n) is 9.00. The maximum atomic E-state index is 12.7. The van der Waals surface area contributed by atoms with Crippen molar-refractivity contribution >= 4 is 16.8 Å². The minimum Gasteiger partial charge on any atom is -0.381 e. The lowest BCUT2D eigenvalue weighted by Gasteiger charge is -2.26. The molecule has 1 aromatic heterocycles. The van der Waals surface area contributed by atoms with Gasteiger partial charge >= 0.3 is 0 Å². The highest BCUT2D eigenvalue weighted by Crippen LogP contribution is 2.27. The summed E-state index contributed by atoms with van der Waals surface area (Å²) < 4.78 is 5.38. The van der Waals surface area contributed by atoms with Crippen LogP contribution in [0.1, 0.15) is 24.8 Å². The van der Waals surface area contributed by atoms with E-state index in [1.165, 1.54) is 10.9 Å². The second kappa shape index (κ2) is 6.89. The summed E-state index contributed by atoms with van der Waals surface area (Å²) in [6, 6.07) is 10.4. The number of nitrogens with zero attached hydrogens (tertiary/aromatic N) is 2. The number of likely N-dealkylation sites (tertiary alicyclic amines) is 1. The Kier molecular flexibility index (Phi) is 4.48. The molecule has 1 unspecified atom stereocenters. The number of aromatic nitrogens is 1. The van der Waals surface area contributed by atoms with Gasteiger partial charge in [0.25, 0.3) is 0 Å². The van der Waals surface area contributed by atoms with Crippen LogP contribution in [0.2, 0.25) is 0 Å². The SMILES string of the molecule is O=C(C1CCOCC1)N1CCC(Cc2ccnc3ccccc23)C1. The lowest BCUT2D eigenvalue weighted by molar-refractivity contribution is -0.137. The van der Waals surface area contributed by atoms with Crippen molar-refractivity contribution < 1.29 is 9.53 Å². The van der Waals surface area contributed by atoms with Crippen LogP contribution >= 0.6 is 0 Å². The zero-order valence-electron chi connectivity index (χ0n) is 14.0. The molecule has 0 spiro atoms. The van der Waals surface area contributed by atoms with Gasteiger partial charge in [-0.05, 0) is 49.3 Å². The number of rotatable bonds is 3. The van der Waals surface area contributed by atoms with E-state index in [0.29, 0.717) is 11.8 Å². The van der Waals surface area contributed by atoms with E-state index < -0.39 is 0 Å². The highest BCUT2D eigenvalue weighted by molar-refractivity contribution is 5.82. The van der Waals surface area contributed by atoms with Crippen LogP contribution in [0.3, 0.4) is 0 Å². The van der Waals surface area contributed by atoms with Crippen LogP contribution in [0.4, 0.5) is 0 Å². The van der Waals surface area contributed by atoms with Crippen LogP contribution in [-0.2, 0) is 16.0 Å². The van der Waals surface area contributed by atoms with Crippen molar-refractivity contribution in [2.24, 2.45) is 11.8 Å². The Morgan fingerprint density at radius 1 is 1.17 bits per heavy atom. The summed E-state index contributed by atoms with van der Waals surface area (Å²) >= 11 is 0. The molecule has 0 radical (unpaired) electrons. The van der Waals surface area contributed by atoms with Gasteiger partial charge in [-0.15, -0.1) is 0 Å². The first kappa shape index (κ1) is 15.6. The predicted molar refractivity (Wildman–Crippen MR) is 93.7 cm³/mol. The van der Waals surface area contributed by atoms with Crippen molar-refractivity contribution in [1.29, 1.82) is 0 Å².